The molecule has 21 heavy (non-hydrogen) atoms. The molecule has 1 unspecified atom stereocenters. The highest BCUT2D eigenvalue weighted by molar-refractivity contribution is 8.01. The molecule has 0 aromatic heterocycles. The maximum Gasteiger partial charge on any atom is 0.316 e. The standard InChI is InChI=1S/C15H19NO4S/c17-14(16-6-8-20-9-7-16)11-21-13(15(18)19)10-12-4-2-1-3-5-12/h1-5,13H,6-11H2,(H,18,19). The quantitative estimate of drug-likeness (QED) is 0.857. The van der Waals surface area contributed by atoms with E-state index in [0.29, 0.717) is 32.7 Å². The molecular formula is C15H19NO4S. The van der Waals surface area contributed by atoms with E-state index < -0.39 is 11.2 Å². The highest BCUT2D eigenvalue weighted by Crippen LogP contribution is 2.18. The normalized spacial score (nSPS) is 16.5. The predicted octanol–water partition coefficient (Wildman–Crippen LogP) is 1.27. The number of hydrogen-bond donors (Lipinski definition) is 1. The van der Waals surface area contributed by atoms with Crippen molar-refractivity contribution in [2.45, 2.75) is 11.7 Å². The maximum atomic E-state index is 12.0. The average molecular weight is 309 g/mol. The van der Waals surface area contributed by atoms with Gasteiger partial charge in [0.2, 0.25) is 5.91 Å². The number of rotatable bonds is 6. The molecule has 0 saturated carbocycles. The summed E-state index contributed by atoms with van der Waals surface area (Å²) in [6.07, 6.45) is 0.428. The van der Waals surface area contributed by atoms with Gasteiger partial charge in [-0.05, 0) is 12.0 Å². The molecule has 1 saturated heterocycles. The first kappa shape index (κ1) is 15.9. The van der Waals surface area contributed by atoms with E-state index in [9.17, 15) is 14.7 Å². The number of carbonyl (C=O) groups is 2. The van der Waals surface area contributed by atoms with E-state index in [0.717, 1.165) is 5.56 Å². The minimum Gasteiger partial charge on any atom is -0.480 e. The molecule has 1 N–H and O–H groups in total. The predicted molar refractivity (Wildman–Crippen MR) is 81.4 cm³/mol. The van der Waals surface area contributed by atoms with Gasteiger partial charge in [0.15, 0.2) is 0 Å². The molecule has 0 spiro atoms. The molecular weight excluding hydrogens is 290 g/mol. The smallest absolute Gasteiger partial charge is 0.316 e. The summed E-state index contributed by atoms with van der Waals surface area (Å²) in [7, 11) is 0. The lowest BCUT2D eigenvalue weighted by Crippen LogP contribution is -2.42. The number of carboxylic acid groups (broad SMARTS) is 1. The van der Waals surface area contributed by atoms with Gasteiger partial charge in [0.25, 0.3) is 0 Å². The molecule has 0 aliphatic carbocycles. The highest BCUT2D eigenvalue weighted by Gasteiger charge is 2.22. The third-order valence-corrected chi connectivity index (χ3v) is 4.50. The average Bonchev–Trinajstić information content (AvgIpc) is 2.52. The molecule has 1 aromatic carbocycles. The lowest BCUT2D eigenvalue weighted by molar-refractivity contribution is -0.136. The summed E-state index contributed by atoms with van der Waals surface area (Å²) in [5, 5.41) is 8.69. The van der Waals surface area contributed by atoms with Gasteiger partial charge in [-0.1, -0.05) is 30.3 Å². The number of amides is 1. The molecule has 114 valence electrons. The molecule has 1 aliphatic rings. The van der Waals surface area contributed by atoms with Gasteiger partial charge in [0.05, 0.1) is 19.0 Å². The number of aliphatic carboxylic acids is 1. The number of morpholine rings is 1. The summed E-state index contributed by atoms with van der Waals surface area (Å²) < 4.78 is 5.20. The van der Waals surface area contributed by atoms with E-state index in [4.69, 9.17) is 4.74 Å². The number of carbonyl (C=O) groups excluding carboxylic acids is 1. The van der Waals surface area contributed by atoms with E-state index in [2.05, 4.69) is 0 Å². The van der Waals surface area contributed by atoms with Crippen molar-refractivity contribution in [1.29, 1.82) is 0 Å². The zero-order chi connectivity index (χ0) is 15.1. The summed E-state index contributed by atoms with van der Waals surface area (Å²) in [6.45, 7) is 2.30. The summed E-state index contributed by atoms with van der Waals surface area (Å²) in [5.74, 6) is -0.690. The van der Waals surface area contributed by atoms with Gasteiger partial charge in [-0.15, -0.1) is 11.8 Å². The molecule has 0 radical (unpaired) electrons. The van der Waals surface area contributed by atoms with Crippen molar-refractivity contribution in [2.24, 2.45) is 0 Å². The topological polar surface area (TPSA) is 66.8 Å². The maximum absolute atomic E-state index is 12.0. The number of nitrogens with zero attached hydrogens (tertiary/aromatic N) is 1. The fourth-order valence-corrected chi connectivity index (χ4v) is 3.10. The van der Waals surface area contributed by atoms with Crippen molar-refractivity contribution in [3.63, 3.8) is 0 Å². The highest BCUT2D eigenvalue weighted by atomic mass is 32.2. The minimum atomic E-state index is -0.876. The molecule has 1 heterocycles. The van der Waals surface area contributed by atoms with Crippen LogP contribution in [0.1, 0.15) is 5.56 Å². The van der Waals surface area contributed by atoms with E-state index >= 15 is 0 Å². The molecule has 1 aliphatic heterocycles. The summed E-state index contributed by atoms with van der Waals surface area (Å²) >= 11 is 1.19. The molecule has 1 aromatic rings. The van der Waals surface area contributed by atoms with Gasteiger partial charge in [-0.25, -0.2) is 0 Å². The number of thioether (sulfide) groups is 1. The molecule has 1 amide bonds. The lowest BCUT2D eigenvalue weighted by atomic mass is 10.1. The fraction of sp³-hybridized carbons (Fsp3) is 0.467. The third kappa shape index (κ3) is 5.06. The summed E-state index contributed by atoms with van der Waals surface area (Å²) in [4.78, 5) is 25.1. The summed E-state index contributed by atoms with van der Waals surface area (Å²) in [6, 6.07) is 9.48. The van der Waals surface area contributed by atoms with Gasteiger partial charge in [0.1, 0.15) is 5.25 Å². The van der Waals surface area contributed by atoms with Gasteiger partial charge < -0.3 is 14.7 Å². The van der Waals surface area contributed by atoms with Gasteiger partial charge in [-0.3, -0.25) is 9.59 Å². The van der Waals surface area contributed by atoms with Crippen LogP contribution in [0.15, 0.2) is 30.3 Å². The Labute approximate surface area is 128 Å². The SMILES string of the molecule is O=C(O)C(Cc1ccccc1)SCC(=O)N1CCOCC1. The molecule has 5 nitrogen and oxygen atoms in total. The van der Waals surface area contributed by atoms with Crippen LogP contribution in [0, 0.1) is 0 Å². The van der Waals surface area contributed by atoms with Crippen molar-refractivity contribution >= 4 is 23.6 Å². The first-order chi connectivity index (χ1) is 10.2. The number of hydrogen-bond acceptors (Lipinski definition) is 4. The first-order valence-corrected chi connectivity index (χ1v) is 7.95. The van der Waals surface area contributed by atoms with E-state index in [1.54, 1.807) is 4.90 Å². The van der Waals surface area contributed by atoms with Gasteiger partial charge >= 0.3 is 5.97 Å². The molecule has 6 heteroatoms. The van der Waals surface area contributed by atoms with E-state index in [1.807, 2.05) is 30.3 Å². The molecule has 2 rings (SSSR count). The van der Waals surface area contributed by atoms with E-state index in [1.165, 1.54) is 11.8 Å². The van der Waals surface area contributed by atoms with Crippen LogP contribution in [0.5, 0.6) is 0 Å². The van der Waals surface area contributed by atoms with Crippen LogP contribution in [-0.4, -0.2) is 59.2 Å². The van der Waals surface area contributed by atoms with Crippen molar-refractivity contribution in [3.8, 4) is 0 Å². The molecule has 0 bridgehead atoms. The van der Waals surface area contributed by atoms with Crippen LogP contribution < -0.4 is 0 Å². The Balaban J connectivity index is 1.85. The Bertz CT molecular complexity index is 474. The van der Waals surface area contributed by atoms with Crippen LogP contribution in [0.4, 0.5) is 0 Å². The van der Waals surface area contributed by atoms with Crippen LogP contribution in [0.3, 0.4) is 0 Å². The van der Waals surface area contributed by atoms with Crippen LogP contribution >= 0.6 is 11.8 Å². The van der Waals surface area contributed by atoms with Crippen molar-refractivity contribution in [1.82, 2.24) is 4.90 Å². The summed E-state index contributed by atoms with van der Waals surface area (Å²) in [5.41, 5.74) is 0.969. The first-order valence-electron chi connectivity index (χ1n) is 6.90. The number of benzene rings is 1. The second-order valence-electron chi connectivity index (χ2n) is 4.82. The number of ether oxygens (including phenoxy) is 1. The second-order valence-corrected chi connectivity index (χ2v) is 6.01. The minimum absolute atomic E-state index is 0.0115. The van der Waals surface area contributed by atoms with Crippen molar-refractivity contribution < 1.29 is 19.4 Å². The van der Waals surface area contributed by atoms with Gasteiger partial charge in [0, 0.05) is 13.1 Å². The third-order valence-electron chi connectivity index (χ3n) is 3.31. The zero-order valence-corrected chi connectivity index (χ0v) is 12.6. The Hall–Kier alpha value is -1.53. The molecule has 1 atom stereocenters. The Morgan fingerprint density at radius 2 is 1.90 bits per heavy atom. The lowest BCUT2D eigenvalue weighted by Gasteiger charge is -2.27. The van der Waals surface area contributed by atoms with Crippen LogP contribution in [0.25, 0.3) is 0 Å². The Morgan fingerprint density at radius 3 is 2.52 bits per heavy atom. The second kappa shape index (κ2) is 8.05. The largest absolute Gasteiger partial charge is 0.480 e. The van der Waals surface area contributed by atoms with Crippen molar-refractivity contribution in [2.75, 3.05) is 32.1 Å². The fourth-order valence-electron chi connectivity index (χ4n) is 2.12. The van der Waals surface area contributed by atoms with Crippen LogP contribution in [-0.2, 0) is 20.7 Å². The molecule has 1 fully saturated rings. The number of carboxylic acids is 1. The monoisotopic (exact) mass is 309 g/mol. The Kier molecular flexibility index (Phi) is 6.07. The van der Waals surface area contributed by atoms with Gasteiger partial charge in [-0.2, -0.15) is 0 Å². The Morgan fingerprint density at radius 1 is 1.24 bits per heavy atom. The zero-order valence-electron chi connectivity index (χ0n) is 11.7. The van der Waals surface area contributed by atoms with Crippen molar-refractivity contribution in [3.05, 3.63) is 35.9 Å². The van der Waals surface area contributed by atoms with Crippen LogP contribution in [0.2, 0.25) is 0 Å². The van der Waals surface area contributed by atoms with E-state index in [-0.39, 0.29) is 11.7 Å².